The molecule has 0 amide bonds. The molecule has 2 nitrogen and oxygen atoms in total. The maximum absolute atomic E-state index is 13.9. The van der Waals surface area contributed by atoms with Gasteiger partial charge < -0.3 is 10.1 Å². The molecule has 0 saturated carbocycles. The molecule has 1 heterocycles. The molecule has 0 bridgehead atoms. The summed E-state index contributed by atoms with van der Waals surface area (Å²) in [6.07, 6.45) is 2.77. The molecule has 1 saturated heterocycles. The number of hydrogen-bond donors (Lipinski definition) is 1. The van der Waals surface area contributed by atoms with E-state index in [1.807, 2.05) is 6.07 Å². The van der Waals surface area contributed by atoms with Crippen LogP contribution in [0, 0.1) is 11.7 Å². The predicted octanol–water partition coefficient (Wildman–Crippen LogP) is 3.43. The van der Waals surface area contributed by atoms with Crippen LogP contribution in [0.1, 0.15) is 25.3 Å². The van der Waals surface area contributed by atoms with Gasteiger partial charge in [0.25, 0.3) is 0 Å². The van der Waals surface area contributed by atoms with Crippen molar-refractivity contribution < 1.29 is 9.13 Å². The van der Waals surface area contributed by atoms with Gasteiger partial charge in [0, 0.05) is 18.6 Å². The fourth-order valence-electron chi connectivity index (χ4n) is 2.59. The third kappa shape index (κ3) is 3.91. The Bertz CT molecular complexity index is 413. The van der Waals surface area contributed by atoms with Crippen LogP contribution in [0.5, 0.6) is 0 Å². The monoisotopic (exact) mass is 285 g/mol. The smallest absolute Gasteiger partial charge is 0.144 e. The van der Waals surface area contributed by atoms with Crippen molar-refractivity contribution in [3.05, 3.63) is 34.6 Å². The Labute approximate surface area is 119 Å². The van der Waals surface area contributed by atoms with Gasteiger partial charge in [0.15, 0.2) is 0 Å². The molecule has 2 unspecified atom stereocenters. The average Bonchev–Trinajstić information content (AvgIpc) is 2.43. The third-order valence-corrected chi connectivity index (χ3v) is 3.94. The minimum Gasteiger partial charge on any atom is -0.381 e. The van der Waals surface area contributed by atoms with Crippen molar-refractivity contribution in [1.82, 2.24) is 5.32 Å². The molecular formula is C15H21ClFNO. The number of halogens is 2. The summed E-state index contributed by atoms with van der Waals surface area (Å²) in [5, 5.41) is 3.74. The fraction of sp³-hybridized carbons (Fsp3) is 0.600. The number of nitrogens with one attached hydrogen (secondary N) is 1. The van der Waals surface area contributed by atoms with Crippen molar-refractivity contribution in [1.29, 1.82) is 0 Å². The number of ether oxygens (including phenoxy) is 1. The van der Waals surface area contributed by atoms with Crippen LogP contribution in [0.25, 0.3) is 0 Å². The van der Waals surface area contributed by atoms with Gasteiger partial charge >= 0.3 is 0 Å². The summed E-state index contributed by atoms with van der Waals surface area (Å²) < 4.78 is 19.5. The molecule has 106 valence electrons. The van der Waals surface area contributed by atoms with E-state index in [0.29, 0.717) is 30.6 Å². The molecule has 0 radical (unpaired) electrons. The Kier molecular flexibility index (Phi) is 5.61. The molecule has 1 N–H and O–H groups in total. The molecule has 1 aliphatic heterocycles. The van der Waals surface area contributed by atoms with Gasteiger partial charge in [0.05, 0.1) is 11.6 Å². The SMILES string of the molecule is CCCNC1CCOCC1Cc1cccc(Cl)c1F. The van der Waals surface area contributed by atoms with Gasteiger partial charge in [0.1, 0.15) is 5.82 Å². The van der Waals surface area contributed by atoms with E-state index in [1.165, 1.54) is 0 Å². The average molecular weight is 286 g/mol. The lowest BCUT2D eigenvalue weighted by molar-refractivity contribution is 0.0320. The van der Waals surface area contributed by atoms with Crippen molar-refractivity contribution in [2.24, 2.45) is 5.92 Å². The maximum atomic E-state index is 13.9. The summed E-state index contributed by atoms with van der Waals surface area (Å²) in [6.45, 7) is 4.63. The van der Waals surface area contributed by atoms with Crippen molar-refractivity contribution in [2.45, 2.75) is 32.2 Å². The first-order chi connectivity index (χ1) is 9.22. The van der Waals surface area contributed by atoms with Crippen LogP contribution in [0.2, 0.25) is 5.02 Å². The van der Waals surface area contributed by atoms with Crippen molar-refractivity contribution in [2.75, 3.05) is 19.8 Å². The second-order valence-electron chi connectivity index (χ2n) is 5.10. The van der Waals surface area contributed by atoms with Crippen LogP contribution < -0.4 is 5.32 Å². The van der Waals surface area contributed by atoms with Crippen LogP contribution in [0.3, 0.4) is 0 Å². The summed E-state index contributed by atoms with van der Waals surface area (Å²) >= 11 is 5.83. The van der Waals surface area contributed by atoms with Gasteiger partial charge in [-0.05, 0) is 37.4 Å². The number of hydrogen-bond acceptors (Lipinski definition) is 2. The van der Waals surface area contributed by atoms with E-state index < -0.39 is 0 Å². The summed E-state index contributed by atoms with van der Waals surface area (Å²) in [6, 6.07) is 5.61. The van der Waals surface area contributed by atoms with E-state index in [2.05, 4.69) is 12.2 Å². The largest absolute Gasteiger partial charge is 0.381 e. The molecule has 4 heteroatoms. The first-order valence-electron chi connectivity index (χ1n) is 6.96. The van der Waals surface area contributed by atoms with E-state index in [-0.39, 0.29) is 10.8 Å². The highest BCUT2D eigenvalue weighted by molar-refractivity contribution is 6.30. The zero-order valence-corrected chi connectivity index (χ0v) is 12.0. The van der Waals surface area contributed by atoms with Crippen LogP contribution >= 0.6 is 11.6 Å². The van der Waals surface area contributed by atoms with Crippen molar-refractivity contribution >= 4 is 11.6 Å². The highest BCUT2D eigenvalue weighted by Crippen LogP contribution is 2.24. The fourth-order valence-corrected chi connectivity index (χ4v) is 2.78. The molecule has 1 aromatic carbocycles. The Morgan fingerprint density at radius 1 is 1.47 bits per heavy atom. The lowest BCUT2D eigenvalue weighted by Gasteiger charge is -2.32. The molecule has 0 spiro atoms. The Morgan fingerprint density at radius 2 is 2.32 bits per heavy atom. The van der Waals surface area contributed by atoms with Crippen molar-refractivity contribution in [3.8, 4) is 0 Å². The molecule has 0 aliphatic carbocycles. The molecule has 1 aliphatic rings. The summed E-state index contributed by atoms with van der Waals surface area (Å²) in [5.41, 5.74) is 0.686. The Morgan fingerprint density at radius 3 is 3.11 bits per heavy atom. The van der Waals surface area contributed by atoms with E-state index in [9.17, 15) is 4.39 Å². The standard InChI is InChI=1S/C15H21ClFNO/c1-2-7-18-14-6-8-19-10-12(14)9-11-4-3-5-13(16)15(11)17/h3-5,12,14,18H,2,6-10H2,1H3. The minimum atomic E-state index is -0.288. The predicted molar refractivity (Wildman–Crippen MR) is 76.1 cm³/mol. The molecule has 0 aromatic heterocycles. The molecule has 1 fully saturated rings. The normalized spacial score (nSPS) is 23.5. The van der Waals surface area contributed by atoms with Crippen LogP contribution in [0.4, 0.5) is 4.39 Å². The van der Waals surface area contributed by atoms with Crippen LogP contribution in [-0.2, 0) is 11.2 Å². The molecule has 1 aromatic rings. The maximum Gasteiger partial charge on any atom is 0.144 e. The van der Waals surface area contributed by atoms with Gasteiger partial charge in [-0.1, -0.05) is 30.7 Å². The number of rotatable bonds is 5. The Hall–Kier alpha value is -0.640. The van der Waals surface area contributed by atoms with Gasteiger partial charge in [-0.2, -0.15) is 0 Å². The lowest BCUT2D eigenvalue weighted by atomic mass is 9.89. The lowest BCUT2D eigenvalue weighted by Crippen LogP contribution is -2.44. The zero-order valence-electron chi connectivity index (χ0n) is 11.3. The minimum absolute atomic E-state index is 0.201. The molecular weight excluding hydrogens is 265 g/mol. The topological polar surface area (TPSA) is 21.3 Å². The molecule has 19 heavy (non-hydrogen) atoms. The van der Waals surface area contributed by atoms with E-state index in [0.717, 1.165) is 26.0 Å². The van der Waals surface area contributed by atoms with Gasteiger partial charge in [-0.3, -0.25) is 0 Å². The quantitative estimate of drug-likeness (QED) is 0.895. The summed E-state index contributed by atoms with van der Waals surface area (Å²) in [5.74, 6) is 0.0252. The first-order valence-corrected chi connectivity index (χ1v) is 7.34. The highest BCUT2D eigenvalue weighted by atomic mass is 35.5. The Balaban J connectivity index is 2.04. The van der Waals surface area contributed by atoms with Crippen molar-refractivity contribution in [3.63, 3.8) is 0 Å². The zero-order chi connectivity index (χ0) is 13.7. The van der Waals surface area contributed by atoms with E-state index in [4.69, 9.17) is 16.3 Å². The first kappa shape index (κ1) is 14.8. The molecule has 2 rings (SSSR count). The van der Waals surface area contributed by atoms with Gasteiger partial charge in [-0.15, -0.1) is 0 Å². The van der Waals surface area contributed by atoms with Gasteiger partial charge in [-0.25, -0.2) is 4.39 Å². The van der Waals surface area contributed by atoms with Crippen LogP contribution in [-0.4, -0.2) is 25.8 Å². The molecule has 2 atom stereocenters. The van der Waals surface area contributed by atoms with Crippen LogP contribution in [0.15, 0.2) is 18.2 Å². The van der Waals surface area contributed by atoms with Gasteiger partial charge in [0.2, 0.25) is 0 Å². The third-order valence-electron chi connectivity index (χ3n) is 3.64. The highest BCUT2D eigenvalue weighted by Gasteiger charge is 2.26. The summed E-state index contributed by atoms with van der Waals surface area (Å²) in [4.78, 5) is 0. The number of benzene rings is 1. The van der Waals surface area contributed by atoms with E-state index >= 15 is 0 Å². The van der Waals surface area contributed by atoms with E-state index in [1.54, 1.807) is 12.1 Å². The summed E-state index contributed by atoms with van der Waals surface area (Å²) in [7, 11) is 0. The second-order valence-corrected chi connectivity index (χ2v) is 5.51. The second kappa shape index (κ2) is 7.22.